The number of rotatable bonds is 2. The Hall–Kier alpha value is -0.0300. The maximum Gasteiger partial charge on any atom is 0.0622 e. The lowest BCUT2D eigenvalue weighted by molar-refractivity contribution is 0.851. The van der Waals surface area contributed by atoms with Crippen LogP contribution in [-0.2, 0) is 0 Å². The number of nitrogens with zero attached hydrogens (tertiary/aromatic N) is 1. The number of alkyl halides is 1. The fourth-order valence-electron chi connectivity index (χ4n) is 0.263. The van der Waals surface area contributed by atoms with Crippen molar-refractivity contribution in [2.75, 3.05) is 0 Å². The lowest BCUT2D eigenvalue weighted by atomic mass is 10.3. The van der Waals surface area contributed by atoms with Gasteiger partial charge in [-0.3, -0.25) is 0 Å². The minimum Gasteiger partial charge on any atom is -0.198 e. The third-order valence-corrected chi connectivity index (χ3v) is 1.11. The molecule has 7 heavy (non-hydrogen) atoms. The highest BCUT2D eigenvalue weighted by molar-refractivity contribution is 9.09. The molecule has 0 heterocycles. The van der Waals surface area contributed by atoms with Gasteiger partial charge < -0.3 is 0 Å². The number of halogens is 1. The predicted molar refractivity (Wildman–Crippen MR) is 33.2 cm³/mol. The van der Waals surface area contributed by atoms with Gasteiger partial charge in [0.2, 0.25) is 0 Å². The quantitative estimate of drug-likeness (QED) is 0.570. The van der Waals surface area contributed by atoms with Crippen molar-refractivity contribution in [3.05, 3.63) is 0 Å². The van der Waals surface area contributed by atoms with Crippen LogP contribution in [0.1, 0.15) is 19.8 Å². The monoisotopic (exact) mass is 161 g/mol. The summed E-state index contributed by atoms with van der Waals surface area (Å²) in [5.41, 5.74) is 0. The molecule has 0 aliphatic heterocycles. The van der Waals surface area contributed by atoms with Crippen molar-refractivity contribution in [2.45, 2.75) is 24.6 Å². The van der Waals surface area contributed by atoms with Crippen molar-refractivity contribution >= 4 is 15.9 Å². The van der Waals surface area contributed by atoms with E-state index in [0.717, 1.165) is 6.42 Å². The summed E-state index contributed by atoms with van der Waals surface area (Å²) in [4.78, 5) is 0.493. The predicted octanol–water partition coefficient (Wildman–Crippen LogP) is 2.07. The molecule has 1 atom stereocenters. The van der Waals surface area contributed by atoms with Crippen LogP contribution in [0.15, 0.2) is 0 Å². The van der Waals surface area contributed by atoms with Crippen LogP contribution in [0.3, 0.4) is 0 Å². The largest absolute Gasteiger partial charge is 0.198 e. The van der Waals surface area contributed by atoms with Crippen LogP contribution in [0, 0.1) is 11.3 Å². The molecule has 0 aromatic carbocycles. The lowest BCUT2D eigenvalue weighted by Crippen LogP contribution is -1.85. The second-order valence-corrected chi connectivity index (χ2v) is 3.04. The van der Waals surface area contributed by atoms with E-state index < -0.39 is 0 Å². The first kappa shape index (κ1) is 6.97. The molecular weight excluding hydrogens is 154 g/mol. The Labute approximate surface area is 52.5 Å². The molecule has 0 amide bonds. The van der Waals surface area contributed by atoms with Crippen molar-refractivity contribution in [2.24, 2.45) is 0 Å². The number of hydrogen-bond donors (Lipinski definition) is 0. The molecule has 1 nitrogen and oxygen atoms in total. The summed E-state index contributed by atoms with van der Waals surface area (Å²) >= 11 is 3.32. The first-order chi connectivity index (χ1) is 3.27. The number of hydrogen-bond acceptors (Lipinski definition) is 1. The Morgan fingerprint density at radius 2 is 2.43 bits per heavy atom. The van der Waals surface area contributed by atoms with E-state index in [0.29, 0.717) is 11.2 Å². The molecule has 0 rings (SSSR count). The Bertz CT molecular complexity index is 72.6. The van der Waals surface area contributed by atoms with E-state index in [1.165, 1.54) is 0 Å². The van der Waals surface area contributed by atoms with E-state index in [-0.39, 0.29) is 0 Å². The molecular formula is C5H8BrN. The molecule has 0 aliphatic carbocycles. The van der Waals surface area contributed by atoms with Crippen LogP contribution in [-0.4, -0.2) is 4.83 Å². The van der Waals surface area contributed by atoms with E-state index in [9.17, 15) is 0 Å². The van der Waals surface area contributed by atoms with Crippen LogP contribution in [0.25, 0.3) is 0 Å². The molecule has 0 fully saturated rings. The molecule has 40 valence electrons. The van der Waals surface area contributed by atoms with Gasteiger partial charge in [-0.1, -0.05) is 22.9 Å². The standard InChI is InChI=1S/C5H8BrN/c1-5(6)3-2-4-7/h5H,2-3H2,1H3/t5-/m1/s1. The third-order valence-electron chi connectivity index (χ3n) is 0.654. The van der Waals surface area contributed by atoms with Gasteiger partial charge in [-0.15, -0.1) is 0 Å². The van der Waals surface area contributed by atoms with Gasteiger partial charge in [-0.25, -0.2) is 0 Å². The molecule has 0 aromatic heterocycles. The van der Waals surface area contributed by atoms with E-state index >= 15 is 0 Å². The number of nitriles is 1. The Balaban J connectivity index is 2.86. The first-order valence-electron chi connectivity index (χ1n) is 2.28. The summed E-state index contributed by atoms with van der Waals surface area (Å²) in [7, 11) is 0. The summed E-state index contributed by atoms with van der Waals surface area (Å²) < 4.78 is 0. The van der Waals surface area contributed by atoms with Crippen molar-refractivity contribution in [1.29, 1.82) is 5.26 Å². The molecule has 0 bridgehead atoms. The minimum absolute atomic E-state index is 0.493. The fraction of sp³-hybridized carbons (Fsp3) is 0.800. The van der Waals surface area contributed by atoms with Gasteiger partial charge in [0.05, 0.1) is 6.07 Å². The van der Waals surface area contributed by atoms with E-state index in [4.69, 9.17) is 5.26 Å². The van der Waals surface area contributed by atoms with Gasteiger partial charge in [0.15, 0.2) is 0 Å². The molecule has 0 radical (unpaired) electrons. The zero-order chi connectivity index (χ0) is 5.70. The van der Waals surface area contributed by atoms with Crippen molar-refractivity contribution < 1.29 is 0 Å². The molecule has 0 aromatic rings. The summed E-state index contributed by atoms with van der Waals surface area (Å²) in [6.07, 6.45) is 1.61. The van der Waals surface area contributed by atoms with Crippen molar-refractivity contribution in [3.63, 3.8) is 0 Å². The summed E-state index contributed by atoms with van der Waals surface area (Å²) in [6, 6.07) is 2.07. The Morgan fingerprint density at radius 3 is 2.57 bits per heavy atom. The fourth-order valence-corrected chi connectivity index (χ4v) is 0.492. The maximum atomic E-state index is 8.04. The molecule has 0 N–H and O–H groups in total. The second kappa shape index (κ2) is 4.14. The lowest BCUT2D eigenvalue weighted by Gasteiger charge is -1.92. The minimum atomic E-state index is 0.493. The smallest absolute Gasteiger partial charge is 0.0622 e. The molecule has 2 heteroatoms. The average Bonchev–Trinajstić information content (AvgIpc) is 1.61. The van der Waals surface area contributed by atoms with Crippen LogP contribution in [0.5, 0.6) is 0 Å². The van der Waals surface area contributed by atoms with Gasteiger partial charge in [-0.2, -0.15) is 5.26 Å². The van der Waals surface area contributed by atoms with E-state index in [2.05, 4.69) is 22.0 Å². The zero-order valence-electron chi connectivity index (χ0n) is 4.32. The van der Waals surface area contributed by atoms with Crippen LogP contribution >= 0.6 is 15.9 Å². The SMILES string of the molecule is C[C@@H](Br)CCC#N. The summed E-state index contributed by atoms with van der Waals surface area (Å²) in [5.74, 6) is 0. The van der Waals surface area contributed by atoms with Gasteiger partial charge in [0.25, 0.3) is 0 Å². The molecule has 0 saturated carbocycles. The van der Waals surface area contributed by atoms with Crippen LogP contribution in [0.2, 0.25) is 0 Å². The Kier molecular flexibility index (Phi) is 4.12. The van der Waals surface area contributed by atoms with Gasteiger partial charge in [0.1, 0.15) is 0 Å². The molecule has 0 saturated heterocycles. The highest BCUT2D eigenvalue weighted by atomic mass is 79.9. The van der Waals surface area contributed by atoms with Crippen LogP contribution < -0.4 is 0 Å². The second-order valence-electron chi connectivity index (χ2n) is 1.48. The third kappa shape index (κ3) is 5.97. The summed E-state index contributed by atoms with van der Waals surface area (Å²) in [6.45, 7) is 2.04. The normalized spacial score (nSPS) is 12.7. The zero-order valence-corrected chi connectivity index (χ0v) is 5.90. The van der Waals surface area contributed by atoms with Gasteiger partial charge >= 0.3 is 0 Å². The molecule has 0 aliphatic rings. The Morgan fingerprint density at radius 1 is 1.86 bits per heavy atom. The van der Waals surface area contributed by atoms with Crippen molar-refractivity contribution in [1.82, 2.24) is 0 Å². The van der Waals surface area contributed by atoms with Gasteiger partial charge in [-0.05, 0) is 6.42 Å². The van der Waals surface area contributed by atoms with E-state index in [1.807, 2.05) is 6.92 Å². The molecule has 0 unspecified atom stereocenters. The highest BCUT2D eigenvalue weighted by Crippen LogP contribution is 2.04. The van der Waals surface area contributed by atoms with Crippen molar-refractivity contribution in [3.8, 4) is 6.07 Å². The molecule has 0 spiro atoms. The highest BCUT2D eigenvalue weighted by Gasteiger charge is 1.90. The first-order valence-corrected chi connectivity index (χ1v) is 3.20. The van der Waals surface area contributed by atoms with Crippen LogP contribution in [0.4, 0.5) is 0 Å². The summed E-state index contributed by atoms with van der Waals surface area (Å²) in [5, 5.41) is 8.04. The van der Waals surface area contributed by atoms with E-state index in [1.54, 1.807) is 0 Å². The topological polar surface area (TPSA) is 23.8 Å². The maximum absolute atomic E-state index is 8.04. The average molecular weight is 162 g/mol. The van der Waals surface area contributed by atoms with Gasteiger partial charge in [0, 0.05) is 11.2 Å².